The maximum atomic E-state index is 12.7. The van der Waals surface area contributed by atoms with E-state index in [1.165, 1.54) is 6.92 Å². The predicted molar refractivity (Wildman–Crippen MR) is 96.3 cm³/mol. The molecule has 6 heteroatoms. The lowest BCUT2D eigenvalue weighted by molar-refractivity contribution is -0.140. The minimum atomic E-state index is -0.713. The lowest BCUT2D eigenvalue weighted by atomic mass is 9.90. The van der Waals surface area contributed by atoms with Crippen LogP contribution in [0.3, 0.4) is 0 Å². The molecule has 26 heavy (non-hydrogen) atoms. The first-order chi connectivity index (χ1) is 12.3. The summed E-state index contributed by atoms with van der Waals surface area (Å²) in [5.74, 6) is -1.11. The summed E-state index contributed by atoms with van der Waals surface area (Å²) in [6.07, 6.45) is 2.47. The van der Waals surface area contributed by atoms with Gasteiger partial charge in [-0.15, -0.1) is 0 Å². The summed E-state index contributed by atoms with van der Waals surface area (Å²) in [6, 6.07) is 7.48. The quantitative estimate of drug-likeness (QED) is 0.845. The van der Waals surface area contributed by atoms with Gasteiger partial charge in [0, 0.05) is 20.0 Å². The molecule has 1 heterocycles. The van der Waals surface area contributed by atoms with Crippen molar-refractivity contribution in [1.82, 2.24) is 10.2 Å². The summed E-state index contributed by atoms with van der Waals surface area (Å²) < 4.78 is 0. The van der Waals surface area contributed by atoms with Gasteiger partial charge in [0.25, 0.3) is 0 Å². The molecule has 1 aromatic carbocycles. The molecule has 1 aromatic rings. The zero-order valence-electron chi connectivity index (χ0n) is 15.3. The van der Waals surface area contributed by atoms with E-state index >= 15 is 0 Å². The smallest absolute Gasteiger partial charge is 0.307 e. The van der Waals surface area contributed by atoms with Crippen LogP contribution >= 0.6 is 0 Å². The molecule has 1 spiro atoms. The third kappa shape index (κ3) is 3.89. The Kier molecular flexibility index (Phi) is 5.03. The van der Waals surface area contributed by atoms with Gasteiger partial charge in [0.15, 0.2) is 0 Å². The van der Waals surface area contributed by atoms with Crippen molar-refractivity contribution in [3.63, 3.8) is 0 Å². The van der Waals surface area contributed by atoms with Gasteiger partial charge in [-0.3, -0.25) is 14.4 Å². The number of carbonyl (C=O) groups excluding carboxylic acids is 2. The van der Waals surface area contributed by atoms with E-state index in [4.69, 9.17) is 0 Å². The average Bonchev–Trinajstić information content (AvgIpc) is 3.29. The van der Waals surface area contributed by atoms with Crippen LogP contribution in [0, 0.1) is 18.3 Å². The second-order valence-electron chi connectivity index (χ2n) is 7.71. The highest BCUT2D eigenvalue weighted by atomic mass is 16.4. The number of carboxylic acid groups (broad SMARTS) is 1. The standard InChI is InChI=1S/C20H26N2O4/c1-13-3-5-15(6-4-13)17(21-14(2)23)11-18(24)22-9-7-20(8-10-22)12-16(20)19(25)26/h3-6,16-17H,7-12H2,1-2H3,(H,21,23)(H,25,26). The number of benzene rings is 1. The molecule has 2 aliphatic rings. The maximum Gasteiger partial charge on any atom is 0.307 e. The van der Waals surface area contributed by atoms with Crippen LogP contribution in [0.5, 0.6) is 0 Å². The van der Waals surface area contributed by atoms with Gasteiger partial charge in [-0.05, 0) is 37.2 Å². The third-order valence-corrected chi connectivity index (χ3v) is 5.84. The Hall–Kier alpha value is -2.37. The monoisotopic (exact) mass is 358 g/mol. The second kappa shape index (κ2) is 7.09. The predicted octanol–water partition coefficient (Wildman–Crippen LogP) is 2.28. The largest absolute Gasteiger partial charge is 0.481 e. The summed E-state index contributed by atoms with van der Waals surface area (Å²) >= 11 is 0. The van der Waals surface area contributed by atoms with Crippen LogP contribution in [-0.2, 0) is 14.4 Å². The van der Waals surface area contributed by atoms with Gasteiger partial charge in [-0.25, -0.2) is 0 Å². The summed E-state index contributed by atoms with van der Waals surface area (Å²) in [5.41, 5.74) is 1.96. The molecule has 2 amide bonds. The Morgan fingerprint density at radius 2 is 1.85 bits per heavy atom. The molecule has 0 aromatic heterocycles. The minimum absolute atomic E-state index is 0.00620. The number of hydrogen-bond donors (Lipinski definition) is 2. The molecule has 0 bridgehead atoms. The molecule has 1 aliphatic carbocycles. The van der Waals surface area contributed by atoms with Gasteiger partial charge in [0.05, 0.1) is 18.4 Å². The average molecular weight is 358 g/mol. The lowest BCUT2D eigenvalue weighted by Crippen LogP contribution is -2.41. The molecule has 2 unspecified atom stereocenters. The molecule has 0 radical (unpaired) electrons. The van der Waals surface area contributed by atoms with E-state index < -0.39 is 5.97 Å². The summed E-state index contributed by atoms with van der Waals surface area (Å²) in [6.45, 7) is 4.65. The molecule has 1 saturated carbocycles. The SMILES string of the molecule is CC(=O)NC(CC(=O)N1CCC2(CC1)CC2C(=O)O)c1ccc(C)cc1. The van der Waals surface area contributed by atoms with Crippen LogP contribution in [0.15, 0.2) is 24.3 Å². The molecule has 2 atom stereocenters. The van der Waals surface area contributed by atoms with Crippen molar-refractivity contribution in [3.05, 3.63) is 35.4 Å². The van der Waals surface area contributed by atoms with E-state index in [0.717, 1.165) is 30.4 Å². The number of hydrogen-bond acceptors (Lipinski definition) is 3. The summed E-state index contributed by atoms with van der Waals surface area (Å²) in [4.78, 5) is 37.3. The highest BCUT2D eigenvalue weighted by Gasteiger charge is 2.59. The Morgan fingerprint density at radius 1 is 1.23 bits per heavy atom. The van der Waals surface area contributed by atoms with Crippen LogP contribution in [0.2, 0.25) is 0 Å². The Balaban J connectivity index is 1.61. The Morgan fingerprint density at radius 3 is 2.35 bits per heavy atom. The number of rotatable bonds is 5. The molecule has 2 fully saturated rings. The van der Waals surface area contributed by atoms with Crippen molar-refractivity contribution in [2.45, 2.75) is 45.6 Å². The van der Waals surface area contributed by atoms with Crippen LogP contribution < -0.4 is 5.32 Å². The maximum absolute atomic E-state index is 12.7. The van der Waals surface area contributed by atoms with Gasteiger partial charge in [0.1, 0.15) is 0 Å². The number of likely N-dealkylation sites (tertiary alicyclic amines) is 1. The summed E-state index contributed by atoms with van der Waals surface area (Å²) in [5, 5.41) is 12.0. The number of carbonyl (C=O) groups is 3. The Labute approximate surface area is 153 Å². The minimum Gasteiger partial charge on any atom is -0.481 e. The number of aryl methyl sites for hydroxylation is 1. The van der Waals surface area contributed by atoms with E-state index in [0.29, 0.717) is 13.1 Å². The number of nitrogens with one attached hydrogen (secondary N) is 1. The second-order valence-corrected chi connectivity index (χ2v) is 7.71. The zero-order chi connectivity index (χ0) is 18.9. The van der Waals surface area contributed by atoms with Crippen LogP contribution in [-0.4, -0.2) is 40.9 Å². The fraction of sp³-hybridized carbons (Fsp3) is 0.550. The normalized spacial score (nSPS) is 21.9. The van der Waals surface area contributed by atoms with E-state index in [1.807, 2.05) is 36.1 Å². The molecule has 140 valence electrons. The molecular formula is C20H26N2O4. The highest BCUT2D eigenvalue weighted by molar-refractivity contribution is 5.79. The first-order valence-corrected chi connectivity index (χ1v) is 9.15. The van der Waals surface area contributed by atoms with Crippen LogP contribution in [0.25, 0.3) is 0 Å². The zero-order valence-corrected chi connectivity index (χ0v) is 15.3. The van der Waals surface area contributed by atoms with Crippen molar-refractivity contribution >= 4 is 17.8 Å². The fourth-order valence-electron chi connectivity index (χ4n) is 4.05. The van der Waals surface area contributed by atoms with Gasteiger partial charge in [-0.1, -0.05) is 29.8 Å². The first kappa shape index (κ1) is 18.4. The van der Waals surface area contributed by atoms with Crippen molar-refractivity contribution in [1.29, 1.82) is 0 Å². The number of nitrogens with zero attached hydrogens (tertiary/aromatic N) is 1. The summed E-state index contributed by atoms with van der Waals surface area (Å²) in [7, 11) is 0. The van der Waals surface area contributed by atoms with E-state index in [9.17, 15) is 19.5 Å². The molecule has 1 saturated heterocycles. The van der Waals surface area contributed by atoms with Crippen molar-refractivity contribution in [2.24, 2.45) is 11.3 Å². The van der Waals surface area contributed by atoms with Gasteiger partial charge < -0.3 is 15.3 Å². The Bertz CT molecular complexity index is 705. The third-order valence-electron chi connectivity index (χ3n) is 5.84. The van der Waals surface area contributed by atoms with Crippen molar-refractivity contribution < 1.29 is 19.5 Å². The van der Waals surface area contributed by atoms with E-state index in [-0.39, 0.29) is 35.6 Å². The fourth-order valence-corrected chi connectivity index (χ4v) is 4.05. The molecule has 1 aliphatic heterocycles. The highest BCUT2D eigenvalue weighted by Crippen LogP contribution is 2.59. The van der Waals surface area contributed by atoms with Gasteiger partial charge >= 0.3 is 5.97 Å². The lowest BCUT2D eigenvalue weighted by Gasteiger charge is -2.33. The number of amides is 2. The van der Waals surface area contributed by atoms with Crippen LogP contribution in [0.1, 0.15) is 49.8 Å². The van der Waals surface area contributed by atoms with Gasteiger partial charge in [-0.2, -0.15) is 0 Å². The van der Waals surface area contributed by atoms with Crippen molar-refractivity contribution in [2.75, 3.05) is 13.1 Å². The van der Waals surface area contributed by atoms with Crippen LogP contribution in [0.4, 0.5) is 0 Å². The number of piperidine rings is 1. The molecule has 3 rings (SSSR count). The van der Waals surface area contributed by atoms with E-state index in [2.05, 4.69) is 5.32 Å². The first-order valence-electron chi connectivity index (χ1n) is 9.15. The van der Waals surface area contributed by atoms with Crippen molar-refractivity contribution in [3.8, 4) is 0 Å². The van der Waals surface area contributed by atoms with E-state index in [1.54, 1.807) is 0 Å². The topological polar surface area (TPSA) is 86.7 Å². The molecule has 2 N–H and O–H groups in total. The number of carboxylic acids is 1. The number of aliphatic carboxylic acids is 1. The van der Waals surface area contributed by atoms with Gasteiger partial charge in [0.2, 0.25) is 11.8 Å². The molecule has 6 nitrogen and oxygen atoms in total. The molecular weight excluding hydrogens is 332 g/mol.